The summed E-state index contributed by atoms with van der Waals surface area (Å²) in [5.74, 6) is 0.629. The fraction of sp³-hybridized carbons (Fsp3) is 0.250. The van der Waals surface area contributed by atoms with Crippen molar-refractivity contribution in [1.29, 1.82) is 0 Å². The number of hydrogen-bond donors (Lipinski definition) is 1. The predicted molar refractivity (Wildman–Crippen MR) is 77.8 cm³/mol. The molecule has 0 saturated heterocycles. The first-order chi connectivity index (χ1) is 9.60. The second kappa shape index (κ2) is 6.19. The van der Waals surface area contributed by atoms with Crippen molar-refractivity contribution in [1.82, 2.24) is 10.3 Å². The van der Waals surface area contributed by atoms with E-state index in [1.807, 2.05) is 50.2 Å². The van der Waals surface area contributed by atoms with E-state index in [4.69, 9.17) is 4.74 Å². The lowest BCUT2D eigenvalue weighted by Crippen LogP contribution is -2.27. The van der Waals surface area contributed by atoms with Gasteiger partial charge in [-0.05, 0) is 43.7 Å². The highest BCUT2D eigenvalue weighted by atomic mass is 16.5. The van der Waals surface area contributed by atoms with Crippen LogP contribution in [0.4, 0.5) is 0 Å². The summed E-state index contributed by atoms with van der Waals surface area (Å²) in [7, 11) is 1.63. The fourth-order valence-electron chi connectivity index (χ4n) is 1.92. The summed E-state index contributed by atoms with van der Waals surface area (Å²) in [4.78, 5) is 16.3. The van der Waals surface area contributed by atoms with Crippen molar-refractivity contribution in [3.63, 3.8) is 0 Å². The topological polar surface area (TPSA) is 51.2 Å². The third-order valence-corrected chi connectivity index (χ3v) is 3.08. The normalized spacial score (nSPS) is 11.8. The van der Waals surface area contributed by atoms with Crippen molar-refractivity contribution in [3.05, 3.63) is 59.4 Å². The van der Waals surface area contributed by atoms with Gasteiger partial charge in [0.1, 0.15) is 11.4 Å². The van der Waals surface area contributed by atoms with Crippen LogP contribution >= 0.6 is 0 Å². The Bertz CT molecular complexity index is 594. The van der Waals surface area contributed by atoms with E-state index in [9.17, 15) is 4.79 Å². The van der Waals surface area contributed by atoms with Crippen LogP contribution in [0.25, 0.3) is 0 Å². The molecule has 4 heteroatoms. The molecule has 2 aromatic rings. The van der Waals surface area contributed by atoms with Crippen LogP contribution in [0, 0.1) is 6.92 Å². The number of amides is 1. The number of carbonyl (C=O) groups is 1. The van der Waals surface area contributed by atoms with Gasteiger partial charge in [0, 0.05) is 5.69 Å². The van der Waals surface area contributed by atoms with E-state index < -0.39 is 0 Å². The molecule has 0 aliphatic carbocycles. The summed E-state index contributed by atoms with van der Waals surface area (Å²) in [6, 6.07) is 12.9. The standard InChI is InChI=1S/C16H18N2O2/c1-11-5-4-6-15(17-11)16(19)18-12(2)13-7-9-14(20-3)10-8-13/h4-10,12H,1-3H3,(H,18,19). The number of aromatic nitrogens is 1. The number of hydrogen-bond acceptors (Lipinski definition) is 3. The first-order valence-electron chi connectivity index (χ1n) is 6.48. The zero-order chi connectivity index (χ0) is 14.5. The van der Waals surface area contributed by atoms with E-state index in [0.29, 0.717) is 5.69 Å². The first kappa shape index (κ1) is 14.1. The quantitative estimate of drug-likeness (QED) is 0.929. The summed E-state index contributed by atoms with van der Waals surface area (Å²) < 4.78 is 5.12. The minimum Gasteiger partial charge on any atom is -0.497 e. The molecule has 1 unspecified atom stereocenters. The Hall–Kier alpha value is -2.36. The minimum atomic E-state index is -0.169. The molecule has 1 atom stereocenters. The highest BCUT2D eigenvalue weighted by Crippen LogP contribution is 2.17. The van der Waals surface area contributed by atoms with Crippen LogP contribution in [0.15, 0.2) is 42.5 Å². The SMILES string of the molecule is COc1ccc(C(C)NC(=O)c2cccc(C)n2)cc1. The second-order valence-corrected chi connectivity index (χ2v) is 4.63. The van der Waals surface area contributed by atoms with Gasteiger partial charge in [0.25, 0.3) is 5.91 Å². The third kappa shape index (κ3) is 3.35. The molecule has 1 aromatic carbocycles. The molecule has 0 radical (unpaired) electrons. The molecule has 20 heavy (non-hydrogen) atoms. The maximum Gasteiger partial charge on any atom is 0.270 e. The smallest absolute Gasteiger partial charge is 0.270 e. The maximum atomic E-state index is 12.1. The highest BCUT2D eigenvalue weighted by Gasteiger charge is 2.12. The Balaban J connectivity index is 2.06. The van der Waals surface area contributed by atoms with E-state index in [1.54, 1.807) is 13.2 Å². The monoisotopic (exact) mass is 270 g/mol. The molecule has 2 rings (SSSR count). The van der Waals surface area contributed by atoms with Gasteiger partial charge in [-0.15, -0.1) is 0 Å². The van der Waals surface area contributed by atoms with Gasteiger partial charge >= 0.3 is 0 Å². The molecule has 1 aromatic heterocycles. The molecule has 0 spiro atoms. The van der Waals surface area contributed by atoms with Gasteiger partial charge in [-0.1, -0.05) is 18.2 Å². The lowest BCUT2D eigenvalue weighted by Gasteiger charge is -2.14. The van der Waals surface area contributed by atoms with Crippen LogP contribution in [0.3, 0.4) is 0 Å². The number of pyridine rings is 1. The van der Waals surface area contributed by atoms with Crippen molar-refractivity contribution in [2.75, 3.05) is 7.11 Å². The van der Waals surface area contributed by atoms with E-state index in [2.05, 4.69) is 10.3 Å². The summed E-state index contributed by atoms with van der Waals surface area (Å²) in [5, 5.41) is 2.93. The number of carbonyl (C=O) groups excluding carboxylic acids is 1. The summed E-state index contributed by atoms with van der Waals surface area (Å²) in [6.07, 6.45) is 0. The zero-order valence-electron chi connectivity index (χ0n) is 11.9. The van der Waals surface area contributed by atoms with Crippen LogP contribution in [0.2, 0.25) is 0 Å². The first-order valence-corrected chi connectivity index (χ1v) is 6.48. The molecule has 1 amide bonds. The Morgan fingerprint density at radius 3 is 2.50 bits per heavy atom. The average molecular weight is 270 g/mol. The number of aryl methyl sites for hydroxylation is 1. The highest BCUT2D eigenvalue weighted by molar-refractivity contribution is 5.92. The molecule has 0 bridgehead atoms. The van der Waals surface area contributed by atoms with Crippen molar-refractivity contribution in [2.45, 2.75) is 19.9 Å². The fourth-order valence-corrected chi connectivity index (χ4v) is 1.92. The second-order valence-electron chi connectivity index (χ2n) is 4.63. The molecule has 4 nitrogen and oxygen atoms in total. The summed E-state index contributed by atoms with van der Waals surface area (Å²) in [5.41, 5.74) is 2.28. The minimum absolute atomic E-state index is 0.0873. The maximum absolute atomic E-state index is 12.1. The molecule has 0 saturated carbocycles. The van der Waals surface area contributed by atoms with Crippen LogP contribution in [-0.4, -0.2) is 18.0 Å². The van der Waals surface area contributed by atoms with Gasteiger partial charge in [-0.25, -0.2) is 4.98 Å². The Morgan fingerprint density at radius 1 is 1.20 bits per heavy atom. The van der Waals surface area contributed by atoms with E-state index >= 15 is 0 Å². The van der Waals surface area contributed by atoms with Crippen molar-refractivity contribution >= 4 is 5.91 Å². The largest absolute Gasteiger partial charge is 0.497 e. The Labute approximate surface area is 118 Å². The number of ether oxygens (including phenoxy) is 1. The number of nitrogens with one attached hydrogen (secondary N) is 1. The lowest BCUT2D eigenvalue weighted by atomic mass is 10.1. The lowest BCUT2D eigenvalue weighted by molar-refractivity contribution is 0.0934. The van der Waals surface area contributed by atoms with Gasteiger partial charge in [-0.3, -0.25) is 4.79 Å². The van der Waals surface area contributed by atoms with Gasteiger partial charge in [0.15, 0.2) is 0 Å². The van der Waals surface area contributed by atoms with Gasteiger partial charge in [0.05, 0.1) is 13.2 Å². The predicted octanol–water partition coefficient (Wildman–Crippen LogP) is 2.89. The number of methoxy groups -OCH3 is 1. The summed E-state index contributed by atoms with van der Waals surface area (Å²) in [6.45, 7) is 3.80. The number of rotatable bonds is 4. The van der Waals surface area contributed by atoms with E-state index in [0.717, 1.165) is 17.0 Å². The Morgan fingerprint density at radius 2 is 1.90 bits per heavy atom. The average Bonchev–Trinajstić information content (AvgIpc) is 2.47. The molecular weight excluding hydrogens is 252 g/mol. The van der Waals surface area contributed by atoms with Gasteiger partial charge in [-0.2, -0.15) is 0 Å². The summed E-state index contributed by atoms with van der Waals surface area (Å²) >= 11 is 0. The van der Waals surface area contributed by atoms with Crippen LogP contribution in [0.1, 0.15) is 34.7 Å². The van der Waals surface area contributed by atoms with Gasteiger partial charge < -0.3 is 10.1 Å². The number of nitrogens with zero attached hydrogens (tertiary/aromatic N) is 1. The zero-order valence-corrected chi connectivity index (χ0v) is 11.9. The number of benzene rings is 1. The van der Waals surface area contributed by atoms with Crippen molar-refractivity contribution < 1.29 is 9.53 Å². The molecule has 1 N–H and O–H groups in total. The van der Waals surface area contributed by atoms with Crippen LogP contribution in [-0.2, 0) is 0 Å². The molecule has 1 heterocycles. The van der Waals surface area contributed by atoms with Crippen LogP contribution in [0.5, 0.6) is 5.75 Å². The molecule has 104 valence electrons. The van der Waals surface area contributed by atoms with Crippen molar-refractivity contribution in [2.24, 2.45) is 0 Å². The molecular formula is C16H18N2O2. The molecule has 0 fully saturated rings. The Kier molecular flexibility index (Phi) is 4.35. The van der Waals surface area contributed by atoms with Crippen LogP contribution < -0.4 is 10.1 Å². The molecule has 0 aliphatic rings. The van der Waals surface area contributed by atoms with E-state index in [1.165, 1.54) is 0 Å². The third-order valence-electron chi connectivity index (χ3n) is 3.08. The van der Waals surface area contributed by atoms with E-state index in [-0.39, 0.29) is 11.9 Å². The molecule has 0 aliphatic heterocycles. The van der Waals surface area contributed by atoms with Gasteiger partial charge in [0.2, 0.25) is 0 Å². The van der Waals surface area contributed by atoms with Crippen molar-refractivity contribution in [3.8, 4) is 5.75 Å².